The number of nitriles is 1. The molecule has 0 bridgehead atoms. The highest BCUT2D eigenvalue weighted by Gasteiger charge is 2.32. The minimum atomic E-state index is 0.461. The molecular formula is C11H20N2. The van der Waals surface area contributed by atoms with Gasteiger partial charge in [-0.3, -0.25) is 4.90 Å². The van der Waals surface area contributed by atoms with Gasteiger partial charge in [-0.05, 0) is 24.8 Å². The number of likely N-dealkylation sites (tertiary alicyclic amines) is 1. The normalized spacial score (nSPS) is 24.2. The van der Waals surface area contributed by atoms with E-state index in [1.807, 2.05) is 0 Å². The molecular weight excluding hydrogens is 160 g/mol. The zero-order valence-corrected chi connectivity index (χ0v) is 9.01. The van der Waals surface area contributed by atoms with Crippen LogP contribution in [0.4, 0.5) is 0 Å². The van der Waals surface area contributed by atoms with Gasteiger partial charge in [-0.2, -0.15) is 5.26 Å². The molecule has 2 nitrogen and oxygen atoms in total. The van der Waals surface area contributed by atoms with Gasteiger partial charge in [0.05, 0.1) is 12.5 Å². The summed E-state index contributed by atoms with van der Waals surface area (Å²) in [5.41, 5.74) is 0.461. The lowest BCUT2D eigenvalue weighted by Crippen LogP contribution is -2.33. The Labute approximate surface area is 81.5 Å². The summed E-state index contributed by atoms with van der Waals surface area (Å²) >= 11 is 0. The Bertz CT molecular complexity index is 203. The van der Waals surface area contributed by atoms with Crippen molar-refractivity contribution >= 4 is 0 Å². The van der Waals surface area contributed by atoms with Crippen molar-refractivity contribution in [2.24, 2.45) is 5.41 Å². The molecule has 13 heavy (non-hydrogen) atoms. The molecule has 0 N–H and O–H groups in total. The molecule has 1 atom stereocenters. The first-order valence-corrected chi connectivity index (χ1v) is 5.20. The Morgan fingerprint density at radius 2 is 2.23 bits per heavy atom. The topological polar surface area (TPSA) is 27.0 Å². The highest BCUT2D eigenvalue weighted by atomic mass is 15.2. The molecule has 0 aliphatic carbocycles. The number of nitrogens with zero attached hydrogens (tertiary/aromatic N) is 2. The summed E-state index contributed by atoms with van der Waals surface area (Å²) in [6.07, 6.45) is 3.06. The maximum Gasteiger partial charge on any atom is 0.0638 e. The van der Waals surface area contributed by atoms with Gasteiger partial charge < -0.3 is 0 Å². The van der Waals surface area contributed by atoms with Crippen molar-refractivity contribution in [3.05, 3.63) is 0 Å². The quantitative estimate of drug-likeness (QED) is 0.667. The van der Waals surface area contributed by atoms with Gasteiger partial charge in [0.2, 0.25) is 0 Å². The van der Waals surface area contributed by atoms with Crippen LogP contribution in [0, 0.1) is 16.7 Å². The first-order valence-electron chi connectivity index (χ1n) is 5.20. The van der Waals surface area contributed by atoms with Gasteiger partial charge in [-0.1, -0.05) is 20.8 Å². The van der Waals surface area contributed by atoms with Crippen LogP contribution in [0.2, 0.25) is 0 Å². The molecule has 1 saturated heterocycles. The van der Waals surface area contributed by atoms with E-state index in [0.717, 1.165) is 13.0 Å². The molecule has 1 rings (SSSR count). The van der Waals surface area contributed by atoms with Crippen LogP contribution in [-0.2, 0) is 0 Å². The van der Waals surface area contributed by atoms with Crippen molar-refractivity contribution in [3.63, 3.8) is 0 Å². The molecule has 0 aromatic carbocycles. The molecule has 0 amide bonds. The second-order valence-electron chi connectivity index (χ2n) is 4.81. The molecule has 1 fully saturated rings. The molecule has 0 aromatic rings. The fraction of sp³-hybridized carbons (Fsp3) is 0.909. The lowest BCUT2D eigenvalue weighted by Gasteiger charge is -2.26. The van der Waals surface area contributed by atoms with E-state index in [9.17, 15) is 0 Å². The van der Waals surface area contributed by atoms with E-state index in [-0.39, 0.29) is 0 Å². The molecule has 0 radical (unpaired) electrons. The Kier molecular flexibility index (Phi) is 3.33. The van der Waals surface area contributed by atoms with Gasteiger partial charge in [0.15, 0.2) is 0 Å². The van der Waals surface area contributed by atoms with Crippen molar-refractivity contribution < 1.29 is 0 Å². The van der Waals surface area contributed by atoms with E-state index >= 15 is 0 Å². The van der Waals surface area contributed by atoms with E-state index in [1.165, 1.54) is 13.0 Å². The second-order valence-corrected chi connectivity index (χ2v) is 4.81. The Morgan fingerprint density at radius 3 is 2.62 bits per heavy atom. The monoisotopic (exact) mass is 180 g/mol. The second kappa shape index (κ2) is 4.11. The fourth-order valence-corrected chi connectivity index (χ4v) is 2.10. The standard InChI is InChI=1S/C11H20N2/c1-4-10(5-7-12)13-8-6-11(2,3)9-13/h10H,4-6,8-9H2,1-3H3. The largest absolute Gasteiger partial charge is 0.299 e. The van der Waals surface area contributed by atoms with Gasteiger partial charge in [-0.25, -0.2) is 0 Å². The van der Waals surface area contributed by atoms with Crippen LogP contribution in [0.3, 0.4) is 0 Å². The lowest BCUT2D eigenvalue weighted by atomic mass is 9.93. The van der Waals surface area contributed by atoms with Crippen LogP contribution in [-0.4, -0.2) is 24.0 Å². The van der Waals surface area contributed by atoms with Crippen molar-refractivity contribution in [1.29, 1.82) is 5.26 Å². The van der Waals surface area contributed by atoms with Gasteiger partial charge in [0.1, 0.15) is 0 Å². The molecule has 2 heteroatoms. The molecule has 0 spiro atoms. The third-order valence-electron chi connectivity index (χ3n) is 3.02. The minimum absolute atomic E-state index is 0.461. The fourth-order valence-electron chi connectivity index (χ4n) is 2.10. The third-order valence-corrected chi connectivity index (χ3v) is 3.02. The van der Waals surface area contributed by atoms with Crippen molar-refractivity contribution in [2.75, 3.05) is 13.1 Å². The third kappa shape index (κ3) is 2.70. The van der Waals surface area contributed by atoms with Crippen molar-refractivity contribution in [1.82, 2.24) is 4.90 Å². The van der Waals surface area contributed by atoms with Crippen LogP contribution < -0.4 is 0 Å². The van der Waals surface area contributed by atoms with Crippen molar-refractivity contribution in [3.8, 4) is 6.07 Å². The van der Waals surface area contributed by atoms with Gasteiger partial charge in [0, 0.05) is 12.6 Å². The zero-order chi connectivity index (χ0) is 9.90. The predicted octanol–water partition coefficient (Wildman–Crippen LogP) is 2.41. The molecule has 1 unspecified atom stereocenters. The molecule has 1 aliphatic heterocycles. The zero-order valence-electron chi connectivity index (χ0n) is 9.01. The minimum Gasteiger partial charge on any atom is -0.299 e. The average molecular weight is 180 g/mol. The SMILES string of the molecule is CCC(CC#N)N1CCC(C)(C)C1. The van der Waals surface area contributed by atoms with E-state index in [1.54, 1.807) is 0 Å². The maximum atomic E-state index is 8.68. The van der Waals surface area contributed by atoms with Crippen LogP contribution in [0.5, 0.6) is 0 Å². The number of hydrogen-bond donors (Lipinski definition) is 0. The summed E-state index contributed by atoms with van der Waals surface area (Å²) in [4.78, 5) is 2.48. The molecule has 0 saturated carbocycles. The first-order chi connectivity index (χ1) is 6.09. The predicted molar refractivity (Wildman–Crippen MR) is 54.3 cm³/mol. The summed E-state index contributed by atoms with van der Waals surface area (Å²) in [7, 11) is 0. The number of hydrogen-bond acceptors (Lipinski definition) is 2. The lowest BCUT2D eigenvalue weighted by molar-refractivity contribution is 0.214. The molecule has 1 aliphatic rings. The van der Waals surface area contributed by atoms with E-state index in [4.69, 9.17) is 5.26 Å². The summed E-state index contributed by atoms with van der Waals surface area (Å²) in [5, 5.41) is 8.68. The summed E-state index contributed by atoms with van der Waals surface area (Å²) < 4.78 is 0. The van der Waals surface area contributed by atoms with Crippen LogP contribution >= 0.6 is 0 Å². The molecule has 74 valence electrons. The summed E-state index contributed by atoms with van der Waals surface area (Å²) in [6.45, 7) is 9.13. The van der Waals surface area contributed by atoms with Crippen LogP contribution in [0.25, 0.3) is 0 Å². The Hall–Kier alpha value is -0.550. The summed E-state index contributed by atoms with van der Waals surface area (Å²) in [5.74, 6) is 0. The highest BCUT2D eigenvalue weighted by molar-refractivity contribution is 4.89. The average Bonchev–Trinajstić information content (AvgIpc) is 2.42. The number of rotatable bonds is 3. The highest BCUT2D eigenvalue weighted by Crippen LogP contribution is 2.31. The van der Waals surface area contributed by atoms with E-state index in [0.29, 0.717) is 17.9 Å². The first kappa shape index (κ1) is 10.5. The van der Waals surface area contributed by atoms with Gasteiger partial charge >= 0.3 is 0 Å². The van der Waals surface area contributed by atoms with Crippen LogP contribution in [0.1, 0.15) is 40.0 Å². The van der Waals surface area contributed by atoms with Gasteiger partial charge in [-0.15, -0.1) is 0 Å². The van der Waals surface area contributed by atoms with Crippen LogP contribution in [0.15, 0.2) is 0 Å². The Balaban J connectivity index is 2.49. The Morgan fingerprint density at radius 1 is 1.54 bits per heavy atom. The van der Waals surface area contributed by atoms with E-state index in [2.05, 4.69) is 31.7 Å². The molecule has 1 heterocycles. The smallest absolute Gasteiger partial charge is 0.0638 e. The van der Waals surface area contributed by atoms with Crippen molar-refractivity contribution in [2.45, 2.75) is 46.1 Å². The maximum absolute atomic E-state index is 8.68. The van der Waals surface area contributed by atoms with Gasteiger partial charge in [0.25, 0.3) is 0 Å². The van der Waals surface area contributed by atoms with E-state index < -0.39 is 0 Å². The molecule has 0 aromatic heterocycles. The summed E-state index contributed by atoms with van der Waals surface area (Å²) in [6, 6.07) is 2.77.